The number of hydrogen-bond donors (Lipinski definition) is 2. The molecule has 0 saturated carbocycles. The summed E-state index contributed by atoms with van der Waals surface area (Å²) in [5.74, 6) is 3.97. The fourth-order valence-electron chi connectivity index (χ4n) is 0.881. The number of nitrogens with one attached hydrogen (secondary N) is 1. The van der Waals surface area contributed by atoms with Gasteiger partial charge in [-0.05, 0) is 18.2 Å². The second-order valence-corrected chi connectivity index (χ2v) is 2.33. The lowest BCUT2D eigenvalue weighted by atomic mass is 10.2. The molecular formula is C8H10ClFN2O2. The smallest absolute Gasteiger partial charge is 0.337 e. The highest BCUT2D eigenvalue weighted by Gasteiger charge is 2.08. The zero-order valence-corrected chi connectivity index (χ0v) is 8.23. The van der Waals surface area contributed by atoms with Crippen LogP contribution in [0, 0.1) is 5.82 Å². The average Bonchev–Trinajstić information content (AvgIpc) is 2.17. The first kappa shape index (κ1) is 12.7. The summed E-state index contributed by atoms with van der Waals surface area (Å²) >= 11 is 0. The second kappa shape index (κ2) is 5.41. The van der Waals surface area contributed by atoms with E-state index in [1.807, 2.05) is 0 Å². The number of hydrogen-bond acceptors (Lipinski definition) is 4. The van der Waals surface area contributed by atoms with Gasteiger partial charge in [0, 0.05) is 0 Å². The number of nitrogen functional groups attached to an aromatic ring is 1. The predicted octanol–water partition coefficient (Wildman–Crippen LogP) is 1.32. The molecule has 4 nitrogen and oxygen atoms in total. The van der Waals surface area contributed by atoms with Crippen molar-refractivity contribution in [2.24, 2.45) is 5.84 Å². The number of carbonyl (C=O) groups is 1. The van der Waals surface area contributed by atoms with E-state index in [4.69, 9.17) is 5.84 Å². The summed E-state index contributed by atoms with van der Waals surface area (Å²) in [6.07, 6.45) is 0. The summed E-state index contributed by atoms with van der Waals surface area (Å²) in [6.45, 7) is 0. The minimum absolute atomic E-state index is 0. The molecule has 0 aromatic heterocycles. The lowest BCUT2D eigenvalue weighted by Crippen LogP contribution is -2.10. The van der Waals surface area contributed by atoms with Gasteiger partial charge in [-0.2, -0.15) is 0 Å². The highest BCUT2D eigenvalue weighted by Crippen LogP contribution is 2.15. The molecule has 0 saturated heterocycles. The summed E-state index contributed by atoms with van der Waals surface area (Å²) < 4.78 is 17.3. The normalized spacial score (nSPS) is 8.79. The number of methoxy groups -OCH3 is 1. The van der Waals surface area contributed by atoms with Crippen LogP contribution < -0.4 is 11.3 Å². The van der Waals surface area contributed by atoms with Crippen LogP contribution in [-0.2, 0) is 4.74 Å². The molecule has 6 heteroatoms. The third-order valence-electron chi connectivity index (χ3n) is 1.54. The van der Waals surface area contributed by atoms with Gasteiger partial charge in [-0.3, -0.25) is 5.84 Å². The van der Waals surface area contributed by atoms with E-state index in [1.54, 1.807) is 0 Å². The largest absolute Gasteiger partial charge is 0.465 e. The molecule has 0 fully saturated rings. The summed E-state index contributed by atoms with van der Waals surface area (Å²) in [4.78, 5) is 11.0. The van der Waals surface area contributed by atoms with Crippen LogP contribution in [0.5, 0.6) is 0 Å². The van der Waals surface area contributed by atoms with Gasteiger partial charge in [-0.15, -0.1) is 12.4 Å². The molecule has 0 spiro atoms. The first-order valence-corrected chi connectivity index (χ1v) is 3.53. The number of halogens is 2. The molecule has 14 heavy (non-hydrogen) atoms. The maximum Gasteiger partial charge on any atom is 0.337 e. The molecule has 0 atom stereocenters. The van der Waals surface area contributed by atoms with E-state index in [0.717, 1.165) is 6.07 Å². The van der Waals surface area contributed by atoms with Gasteiger partial charge >= 0.3 is 5.97 Å². The van der Waals surface area contributed by atoms with Crippen molar-refractivity contribution in [3.63, 3.8) is 0 Å². The van der Waals surface area contributed by atoms with Crippen molar-refractivity contribution in [3.05, 3.63) is 29.6 Å². The van der Waals surface area contributed by atoms with Gasteiger partial charge in [-0.1, -0.05) is 0 Å². The number of esters is 1. The first-order valence-electron chi connectivity index (χ1n) is 3.53. The van der Waals surface area contributed by atoms with Crippen molar-refractivity contribution < 1.29 is 13.9 Å². The van der Waals surface area contributed by atoms with Gasteiger partial charge in [0.25, 0.3) is 0 Å². The Balaban J connectivity index is 0.00000169. The maximum absolute atomic E-state index is 12.8. The molecular weight excluding hydrogens is 211 g/mol. The van der Waals surface area contributed by atoms with Gasteiger partial charge in [0.05, 0.1) is 18.4 Å². The van der Waals surface area contributed by atoms with Crippen molar-refractivity contribution in [3.8, 4) is 0 Å². The molecule has 78 valence electrons. The Kier molecular flexibility index (Phi) is 4.90. The average molecular weight is 221 g/mol. The molecule has 0 aliphatic carbocycles. The van der Waals surface area contributed by atoms with Crippen LogP contribution in [0.2, 0.25) is 0 Å². The number of carbonyl (C=O) groups excluding carboxylic acids is 1. The van der Waals surface area contributed by atoms with Gasteiger partial charge in [0.2, 0.25) is 0 Å². The SMILES string of the molecule is COC(=O)c1ccc(F)c(NN)c1.Cl. The number of hydrazine groups is 1. The Morgan fingerprint density at radius 3 is 2.71 bits per heavy atom. The van der Waals surface area contributed by atoms with Crippen molar-refractivity contribution in [1.29, 1.82) is 0 Å². The molecule has 0 amide bonds. The molecule has 0 aliphatic rings. The Morgan fingerprint density at radius 1 is 1.57 bits per heavy atom. The lowest BCUT2D eigenvalue weighted by molar-refractivity contribution is 0.0601. The summed E-state index contributed by atoms with van der Waals surface area (Å²) in [5, 5.41) is 0. The molecule has 1 aromatic rings. The Labute approximate surface area is 86.6 Å². The molecule has 0 radical (unpaired) electrons. The topological polar surface area (TPSA) is 64.3 Å². The number of anilines is 1. The number of benzene rings is 1. The van der Waals surface area contributed by atoms with Crippen LogP contribution in [-0.4, -0.2) is 13.1 Å². The third kappa shape index (κ3) is 2.58. The molecule has 0 unspecified atom stereocenters. The van der Waals surface area contributed by atoms with Crippen molar-refractivity contribution in [2.75, 3.05) is 12.5 Å². The predicted molar refractivity (Wildman–Crippen MR) is 52.8 cm³/mol. The van der Waals surface area contributed by atoms with Gasteiger partial charge < -0.3 is 10.2 Å². The Morgan fingerprint density at radius 2 is 2.21 bits per heavy atom. The van der Waals surface area contributed by atoms with Crippen molar-refractivity contribution in [2.45, 2.75) is 0 Å². The summed E-state index contributed by atoms with van der Waals surface area (Å²) in [7, 11) is 1.25. The first-order chi connectivity index (χ1) is 6.19. The van der Waals surface area contributed by atoms with Crippen molar-refractivity contribution >= 4 is 24.1 Å². The summed E-state index contributed by atoms with van der Waals surface area (Å²) in [6, 6.07) is 3.74. The van der Waals surface area contributed by atoms with Gasteiger partial charge in [0.1, 0.15) is 5.82 Å². The molecule has 0 bridgehead atoms. The van der Waals surface area contributed by atoms with Crippen LogP contribution >= 0.6 is 12.4 Å². The Hall–Kier alpha value is -1.33. The highest BCUT2D eigenvalue weighted by molar-refractivity contribution is 5.90. The van der Waals surface area contributed by atoms with Gasteiger partial charge in [0.15, 0.2) is 0 Å². The van der Waals surface area contributed by atoms with E-state index in [2.05, 4.69) is 10.2 Å². The van der Waals surface area contributed by atoms with E-state index >= 15 is 0 Å². The standard InChI is InChI=1S/C8H9FN2O2.ClH/c1-13-8(12)5-2-3-6(9)7(4-5)11-10;/h2-4,11H,10H2,1H3;1H. The molecule has 3 N–H and O–H groups in total. The van der Waals surface area contributed by atoms with E-state index in [9.17, 15) is 9.18 Å². The van der Waals surface area contributed by atoms with Crippen LogP contribution in [0.3, 0.4) is 0 Å². The lowest BCUT2D eigenvalue weighted by Gasteiger charge is -2.03. The minimum Gasteiger partial charge on any atom is -0.465 e. The molecule has 0 heterocycles. The van der Waals surface area contributed by atoms with Crippen LogP contribution in [0.15, 0.2) is 18.2 Å². The minimum atomic E-state index is -0.531. The van der Waals surface area contributed by atoms with Crippen molar-refractivity contribution in [1.82, 2.24) is 0 Å². The van der Waals surface area contributed by atoms with E-state index in [1.165, 1.54) is 19.2 Å². The highest BCUT2D eigenvalue weighted by atomic mass is 35.5. The fraction of sp³-hybridized carbons (Fsp3) is 0.125. The quantitative estimate of drug-likeness (QED) is 0.448. The summed E-state index contributed by atoms with van der Waals surface area (Å²) in [5.41, 5.74) is 2.44. The fourth-order valence-corrected chi connectivity index (χ4v) is 0.881. The monoisotopic (exact) mass is 220 g/mol. The molecule has 0 aliphatic heterocycles. The van der Waals surface area contributed by atoms with Crippen LogP contribution in [0.25, 0.3) is 0 Å². The third-order valence-corrected chi connectivity index (χ3v) is 1.54. The zero-order valence-electron chi connectivity index (χ0n) is 7.41. The van der Waals surface area contributed by atoms with Crippen LogP contribution in [0.4, 0.5) is 10.1 Å². The Bertz CT molecular complexity index is 333. The molecule has 1 aromatic carbocycles. The van der Waals surface area contributed by atoms with E-state index < -0.39 is 11.8 Å². The number of ether oxygens (including phenoxy) is 1. The van der Waals surface area contributed by atoms with Crippen LogP contribution in [0.1, 0.15) is 10.4 Å². The zero-order chi connectivity index (χ0) is 9.84. The van der Waals surface area contributed by atoms with E-state index in [0.29, 0.717) is 0 Å². The van der Waals surface area contributed by atoms with E-state index in [-0.39, 0.29) is 23.7 Å². The number of nitrogens with two attached hydrogens (primary N) is 1. The van der Waals surface area contributed by atoms with Gasteiger partial charge in [-0.25, -0.2) is 9.18 Å². The number of rotatable bonds is 2. The second-order valence-electron chi connectivity index (χ2n) is 2.33. The maximum atomic E-state index is 12.8. The molecule has 1 rings (SSSR count).